The third-order valence-electron chi connectivity index (χ3n) is 4.98. The maximum Gasteiger partial charge on any atom is 0.290 e. The van der Waals surface area contributed by atoms with Crippen LogP contribution in [-0.2, 0) is 6.54 Å². The van der Waals surface area contributed by atoms with Crippen molar-refractivity contribution in [2.45, 2.75) is 20.4 Å². The molecule has 0 unspecified atom stereocenters. The van der Waals surface area contributed by atoms with Crippen molar-refractivity contribution in [3.63, 3.8) is 0 Å². The molecule has 32 heavy (non-hydrogen) atoms. The van der Waals surface area contributed by atoms with Gasteiger partial charge in [-0.15, -0.1) is 0 Å². The highest BCUT2D eigenvalue weighted by Crippen LogP contribution is 2.18. The first-order valence-electron chi connectivity index (χ1n) is 9.81. The Balaban J connectivity index is 1.56. The summed E-state index contributed by atoms with van der Waals surface area (Å²) in [6, 6.07) is 13.8. The summed E-state index contributed by atoms with van der Waals surface area (Å²) in [5, 5.41) is 9.71. The smallest absolute Gasteiger partial charge is 0.267 e. The molecule has 162 valence electrons. The number of amides is 2. The fourth-order valence-corrected chi connectivity index (χ4v) is 3.54. The lowest BCUT2D eigenvalue weighted by atomic mass is 10.1. The number of nitrogens with one attached hydrogen (secondary N) is 2. The molecule has 2 N–H and O–H groups in total. The number of hydrogen-bond donors (Lipinski definition) is 2. The first kappa shape index (κ1) is 21.3. The van der Waals surface area contributed by atoms with Gasteiger partial charge in [-0.05, 0) is 38.1 Å². The molecule has 10 heteroatoms. The quantitative estimate of drug-likeness (QED) is 0.464. The molecule has 0 aliphatic carbocycles. The minimum absolute atomic E-state index is 0.0358. The number of nitrogens with zero attached hydrogens (tertiary/aromatic N) is 4. The molecule has 0 spiro atoms. The van der Waals surface area contributed by atoms with E-state index in [1.807, 2.05) is 6.07 Å². The Hall–Kier alpha value is -3.98. The predicted octanol–water partition coefficient (Wildman–Crippen LogP) is 2.64. The number of carbonyl (C=O) groups excluding carboxylic acids is 2. The van der Waals surface area contributed by atoms with Crippen LogP contribution in [0.1, 0.15) is 33.5 Å². The lowest BCUT2D eigenvalue weighted by Gasteiger charge is -2.11. The number of fused-ring (bicyclic) bond motifs is 1. The highest BCUT2D eigenvalue weighted by Gasteiger charge is 2.19. The van der Waals surface area contributed by atoms with Gasteiger partial charge in [-0.1, -0.05) is 35.9 Å². The Bertz CT molecular complexity index is 1410. The Morgan fingerprint density at radius 3 is 2.47 bits per heavy atom. The van der Waals surface area contributed by atoms with Crippen LogP contribution in [0, 0.1) is 6.92 Å². The molecule has 2 amide bonds. The van der Waals surface area contributed by atoms with Gasteiger partial charge in [0.15, 0.2) is 5.69 Å². The highest BCUT2D eigenvalue weighted by atomic mass is 35.5. The van der Waals surface area contributed by atoms with Crippen molar-refractivity contribution in [2.75, 3.05) is 0 Å². The average Bonchev–Trinajstić information content (AvgIpc) is 3.19. The second kappa shape index (κ2) is 8.64. The fourth-order valence-electron chi connectivity index (χ4n) is 3.36. The lowest BCUT2D eigenvalue weighted by molar-refractivity contribution is 0.0843. The number of aromatic nitrogens is 4. The van der Waals surface area contributed by atoms with Crippen molar-refractivity contribution in [3.8, 4) is 5.69 Å². The van der Waals surface area contributed by atoms with Gasteiger partial charge in [0.05, 0.1) is 28.5 Å². The summed E-state index contributed by atoms with van der Waals surface area (Å²) in [5.41, 5.74) is 6.06. The number of rotatable bonds is 4. The van der Waals surface area contributed by atoms with Crippen LogP contribution in [0.3, 0.4) is 0 Å². The van der Waals surface area contributed by atoms with Crippen LogP contribution in [0.4, 0.5) is 0 Å². The normalized spacial score (nSPS) is 10.8. The molecular weight excluding hydrogens is 432 g/mol. The Morgan fingerprint density at radius 2 is 1.75 bits per heavy atom. The standard InChI is InChI=1S/C22H19ClN6O3/c1-3-28-22(32)17-10-5-4-9-16(17)19(27-28)21(31)26-25-20(30)18-12-24-29(13(18)2)15-8-6-7-14(23)11-15/h4-12H,3H2,1-2H3,(H,25,30)(H,26,31). The third-order valence-corrected chi connectivity index (χ3v) is 5.21. The molecule has 0 aliphatic heterocycles. The average molecular weight is 451 g/mol. The largest absolute Gasteiger partial charge is 0.290 e. The van der Waals surface area contributed by atoms with Crippen LogP contribution >= 0.6 is 11.6 Å². The molecule has 2 aromatic carbocycles. The van der Waals surface area contributed by atoms with Crippen LogP contribution < -0.4 is 16.4 Å². The highest BCUT2D eigenvalue weighted by molar-refractivity contribution is 6.30. The second-order valence-corrected chi connectivity index (χ2v) is 7.40. The van der Waals surface area contributed by atoms with Gasteiger partial charge >= 0.3 is 0 Å². The minimum atomic E-state index is -0.642. The number of halogens is 1. The molecule has 0 radical (unpaired) electrons. The SMILES string of the molecule is CCn1nc(C(=O)NNC(=O)c2cnn(-c3cccc(Cl)c3)c2C)c2ccccc2c1=O. The molecule has 4 rings (SSSR count). The zero-order chi connectivity index (χ0) is 22.8. The summed E-state index contributed by atoms with van der Waals surface area (Å²) in [6.45, 7) is 3.79. The maximum atomic E-state index is 12.8. The molecule has 2 aromatic heterocycles. The van der Waals surface area contributed by atoms with E-state index in [4.69, 9.17) is 11.6 Å². The Kier molecular flexibility index (Phi) is 5.74. The summed E-state index contributed by atoms with van der Waals surface area (Å²) in [7, 11) is 0. The van der Waals surface area contributed by atoms with E-state index >= 15 is 0 Å². The van der Waals surface area contributed by atoms with E-state index in [2.05, 4.69) is 21.0 Å². The molecule has 0 fully saturated rings. The van der Waals surface area contributed by atoms with Gasteiger partial charge in [0.25, 0.3) is 17.4 Å². The fraction of sp³-hybridized carbons (Fsp3) is 0.136. The van der Waals surface area contributed by atoms with E-state index in [-0.39, 0.29) is 16.8 Å². The zero-order valence-corrected chi connectivity index (χ0v) is 18.1. The molecule has 9 nitrogen and oxygen atoms in total. The Labute approximate surface area is 187 Å². The topological polar surface area (TPSA) is 111 Å². The predicted molar refractivity (Wildman–Crippen MR) is 120 cm³/mol. The van der Waals surface area contributed by atoms with E-state index in [0.29, 0.717) is 33.7 Å². The molecular formula is C22H19ClN6O3. The summed E-state index contributed by atoms with van der Waals surface area (Å²) in [6.07, 6.45) is 1.41. The maximum absolute atomic E-state index is 12.8. The van der Waals surface area contributed by atoms with Gasteiger partial charge in [-0.3, -0.25) is 25.2 Å². The molecule has 0 aliphatic rings. The molecule has 4 aromatic rings. The van der Waals surface area contributed by atoms with Crippen molar-refractivity contribution < 1.29 is 9.59 Å². The molecule has 0 saturated heterocycles. The summed E-state index contributed by atoms with van der Waals surface area (Å²) in [5.74, 6) is -1.19. The summed E-state index contributed by atoms with van der Waals surface area (Å²) < 4.78 is 2.78. The van der Waals surface area contributed by atoms with Crippen molar-refractivity contribution in [1.82, 2.24) is 30.4 Å². The van der Waals surface area contributed by atoms with Gasteiger partial charge in [0.2, 0.25) is 0 Å². The number of carbonyl (C=O) groups is 2. The van der Waals surface area contributed by atoms with Crippen molar-refractivity contribution in [3.05, 3.63) is 87.1 Å². The van der Waals surface area contributed by atoms with E-state index in [1.165, 1.54) is 10.9 Å². The first-order valence-corrected chi connectivity index (χ1v) is 10.2. The van der Waals surface area contributed by atoms with Crippen molar-refractivity contribution >= 4 is 34.2 Å². The van der Waals surface area contributed by atoms with E-state index in [0.717, 1.165) is 0 Å². The monoisotopic (exact) mass is 450 g/mol. The molecule has 0 saturated carbocycles. The van der Waals surface area contributed by atoms with Crippen LogP contribution in [0.2, 0.25) is 5.02 Å². The number of aryl methyl sites for hydroxylation is 1. The third kappa shape index (κ3) is 3.85. The first-order chi connectivity index (χ1) is 15.4. The lowest BCUT2D eigenvalue weighted by Crippen LogP contribution is -2.43. The van der Waals surface area contributed by atoms with Crippen LogP contribution in [0.15, 0.2) is 59.5 Å². The second-order valence-electron chi connectivity index (χ2n) is 6.96. The van der Waals surface area contributed by atoms with E-state index < -0.39 is 11.8 Å². The van der Waals surface area contributed by atoms with E-state index in [9.17, 15) is 14.4 Å². The van der Waals surface area contributed by atoms with Gasteiger partial charge in [-0.25, -0.2) is 9.36 Å². The van der Waals surface area contributed by atoms with Crippen molar-refractivity contribution in [2.24, 2.45) is 0 Å². The number of hydrazine groups is 1. The minimum Gasteiger partial charge on any atom is -0.267 e. The molecule has 0 bridgehead atoms. The van der Waals surface area contributed by atoms with Crippen LogP contribution in [0.25, 0.3) is 16.5 Å². The summed E-state index contributed by atoms with van der Waals surface area (Å²) in [4.78, 5) is 37.9. The summed E-state index contributed by atoms with van der Waals surface area (Å²) >= 11 is 6.04. The number of hydrogen-bond acceptors (Lipinski definition) is 5. The van der Waals surface area contributed by atoms with Crippen molar-refractivity contribution in [1.29, 1.82) is 0 Å². The van der Waals surface area contributed by atoms with Gasteiger partial charge < -0.3 is 0 Å². The van der Waals surface area contributed by atoms with Crippen LogP contribution in [-0.4, -0.2) is 31.4 Å². The van der Waals surface area contributed by atoms with Crippen LogP contribution in [0.5, 0.6) is 0 Å². The van der Waals surface area contributed by atoms with Gasteiger partial charge in [0, 0.05) is 17.0 Å². The molecule has 0 atom stereocenters. The zero-order valence-electron chi connectivity index (χ0n) is 17.3. The Morgan fingerprint density at radius 1 is 1.03 bits per heavy atom. The van der Waals surface area contributed by atoms with Gasteiger partial charge in [0.1, 0.15) is 0 Å². The number of benzene rings is 2. The molecule has 2 heterocycles. The van der Waals surface area contributed by atoms with E-state index in [1.54, 1.807) is 61.0 Å². The van der Waals surface area contributed by atoms with Gasteiger partial charge in [-0.2, -0.15) is 10.2 Å².